The van der Waals surface area contributed by atoms with Crippen molar-refractivity contribution < 1.29 is 19.2 Å². The number of carbonyl (C=O) groups excluding carboxylic acids is 2. The van der Waals surface area contributed by atoms with Crippen LogP contribution in [0.15, 0.2) is 34.9 Å². The van der Waals surface area contributed by atoms with E-state index >= 15 is 0 Å². The summed E-state index contributed by atoms with van der Waals surface area (Å²) < 4.78 is 8.08. The minimum Gasteiger partial charge on any atom is -0.444 e. The van der Waals surface area contributed by atoms with Gasteiger partial charge in [0.1, 0.15) is 16.8 Å². The Morgan fingerprint density at radius 1 is 1.09 bits per heavy atom. The Kier molecular flexibility index (Phi) is 6.48. The predicted octanol–water partition coefficient (Wildman–Crippen LogP) is 5.56. The quantitative estimate of drug-likeness (QED) is 0.545. The normalized spacial score (nSPS) is 19.2. The van der Waals surface area contributed by atoms with Gasteiger partial charge in [-0.2, -0.15) is 4.73 Å². The van der Waals surface area contributed by atoms with Gasteiger partial charge in [-0.15, -0.1) is 0 Å². The second kappa shape index (κ2) is 8.54. The summed E-state index contributed by atoms with van der Waals surface area (Å²) in [4.78, 5) is 38.1. The van der Waals surface area contributed by atoms with Crippen LogP contribution in [0, 0.1) is 5.41 Å². The molecule has 2 aromatic rings. The van der Waals surface area contributed by atoms with Gasteiger partial charge in [0.05, 0.1) is 11.6 Å². The molecule has 1 amide bonds. The summed E-state index contributed by atoms with van der Waals surface area (Å²) in [5.41, 5.74) is -0.618. The van der Waals surface area contributed by atoms with E-state index in [9.17, 15) is 9.59 Å². The number of rotatable bonds is 3. The van der Waals surface area contributed by atoms with Crippen LogP contribution in [0.2, 0.25) is 0 Å². The number of aromatic nitrogens is 2. The molecule has 2 heterocycles. The Morgan fingerprint density at radius 3 is 2.28 bits per heavy atom. The monoisotopic (exact) mass is 505 g/mol. The molecule has 7 nitrogen and oxygen atoms in total. The first-order chi connectivity index (χ1) is 14.7. The molecule has 0 bridgehead atoms. The van der Waals surface area contributed by atoms with Gasteiger partial charge < -0.3 is 9.57 Å². The third-order valence-corrected chi connectivity index (χ3v) is 5.91. The summed E-state index contributed by atoms with van der Waals surface area (Å²) in [5.74, 6) is 0.108. The fraction of sp³-hybridized carbons (Fsp3) is 0.542. The van der Waals surface area contributed by atoms with E-state index in [2.05, 4.69) is 20.9 Å². The van der Waals surface area contributed by atoms with Gasteiger partial charge in [0.2, 0.25) is 0 Å². The Balaban J connectivity index is 2.09. The maximum Gasteiger partial charge on any atom is 0.411 e. The molecule has 0 aliphatic carbocycles. The number of benzene rings is 1. The Morgan fingerprint density at radius 2 is 1.72 bits per heavy atom. The smallest absolute Gasteiger partial charge is 0.411 e. The number of halogens is 1. The third kappa shape index (κ3) is 5.00. The lowest BCUT2D eigenvalue weighted by Crippen LogP contribution is -2.47. The summed E-state index contributed by atoms with van der Waals surface area (Å²) in [7, 11) is 0. The van der Waals surface area contributed by atoms with Crippen molar-refractivity contribution in [1.29, 1.82) is 0 Å². The van der Waals surface area contributed by atoms with E-state index in [1.807, 2.05) is 52.0 Å². The highest BCUT2D eigenvalue weighted by Crippen LogP contribution is 2.40. The molecule has 1 aliphatic rings. The van der Waals surface area contributed by atoms with Crippen molar-refractivity contribution in [2.45, 2.75) is 72.4 Å². The minimum absolute atomic E-state index is 0.388. The number of amides is 1. The van der Waals surface area contributed by atoms with Crippen LogP contribution in [0.3, 0.4) is 0 Å². The second-order valence-corrected chi connectivity index (χ2v) is 11.3. The molecule has 0 saturated carbocycles. The molecule has 0 spiro atoms. The predicted molar refractivity (Wildman–Crippen MR) is 126 cm³/mol. The van der Waals surface area contributed by atoms with E-state index in [-0.39, 0.29) is 5.97 Å². The van der Waals surface area contributed by atoms with E-state index < -0.39 is 22.6 Å². The number of likely N-dealkylation sites (tertiary alicyclic amines) is 1. The molecule has 1 aliphatic heterocycles. The maximum absolute atomic E-state index is 13.0. The van der Waals surface area contributed by atoms with Crippen LogP contribution in [-0.2, 0) is 15.1 Å². The van der Waals surface area contributed by atoms with Crippen molar-refractivity contribution in [2.75, 3.05) is 6.54 Å². The molecule has 1 atom stereocenters. The highest BCUT2D eigenvalue weighted by molar-refractivity contribution is 9.10. The van der Waals surface area contributed by atoms with E-state index in [1.165, 1.54) is 4.73 Å². The number of imidazole rings is 1. The Hall–Kier alpha value is -2.35. The van der Waals surface area contributed by atoms with E-state index in [0.717, 1.165) is 16.5 Å². The molecular formula is C24H32BrN3O4. The number of hydrogen-bond donors (Lipinski definition) is 0. The van der Waals surface area contributed by atoms with E-state index in [1.54, 1.807) is 31.9 Å². The second-order valence-electron chi connectivity index (χ2n) is 10.4. The standard InChI is InChI=1S/C24H32BrN3O4/c1-22(2,3)20(29)32-28-18(16-9-11-17(25)12-10-16)15-26-19(28)24(7)13-8-14-27(24)21(30)31-23(4,5)6/h9-12,15H,8,13-14H2,1-7H3/t24-/m0/s1. The molecule has 1 aromatic heterocycles. The van der Waals surface area contributed by atoms with Crippen molar-refractivity contribution in [3.05, 3.63) is 40.8 Å². The first-order valence-corrected chi connectivity index (χ1v) is 11.6. The summed E-state index contributed by atoms with van der Waals surface area (Å²) in [6.45, 7) is 13.4. The van der Waals surface area contributed by atoms with Crippen molar-refractivity contribution in [2.24, 2.45) is 5.41 Å². The Bertz CT molecular complexity index is 1000. The van der Waals surface area contributed by atoms with Crippen LogP contribution >= 0.6 is 15.9 Å². The van der Waals surface area contributed by atoms with Crippen LogP contribution in [0.1, 0.15) is 67.1 Å². The van der Waals surface area contributed by atoms with Crippen molar-refractivity contribution >= 4 is 28.0 Å². The first-order valence-electron chi connectivity index (χ1n) is 10.8. The average Bonchev–Trinajstić information content (AvgIpc) is 3.25. The van der Waals surface area contributed by atoms with Crippen LogP contribution in [0.25, 0.3) is 11.3 Å². The zero-order chi connectivity index (χ0) is 23.9. The molecule has 1 aromatic carbocycles. The molecule has 8 heteroatoms. The lowest BCUT2D eigenvalue weighted by atomic mass is 9.97. The number of carbonyl (C=O) groups is 2. The lowest BCUT2D eigenvalue weighted by Gasteiger charge is -2.36. The SMILES string of the molecule is CC(C)(C)OC(=O)N1CCC[C@@]1(C)c1ncc(-c2ccc(Br)cc2)n1OC(=O)C(C)(C)C. The van der Waals surface area contributed by atoms with Crippen LogP contribution in [-0.4, -0.2) is 38.8 Å². The summed E-state index contributed by atoms with van der Waals surface area (Å²) in [6.07, 6.45) is 2.75. The number of ether oxygens (including phenoxy) is 1. The van der Waals surface area contributed by atoms with Gasteiger partial charge in [0, 0.05) is 16.6 Å². The van der Waals surface area contributed by atoms with Crippen molar-refractivity contribution in [3.63, 3.8) is 0 Å². The van der Waals surface area contributed by atoms with Crippen LogP contribution in [0.4, 0.5) is 4.79 Å². The third-order valence-electron chi connectivity index (χ3n) is 5.38. The molecular weight excluding hydrogens is 474 g/mol. The molecule has 0 unspecified atom stereocenters. The molecule has 32 heavy (non-hydrogen) atoms. The molecule has 174 valence electrons. The maximum atomic E-state index is 13.0. The number of hydrogen-bond acceptors (Lipinski definition) is 5. The van der Waals surface area contributed by atoms with Gasteiger partial charge >= 0.3 is 12.1 Å². The van der Waals surface area contributed by atoms with E-state index in [4.69, 9.17) is 9.57 Å². The zero-order valence-corrected chi connectivity index (χ0v) is 21.4. The largest absolute Gasteiger partial charge is 0.444 e. The average molecular weight is 506 g/mol. The first kappa shape index (κ1) is 24.3. The highest BCUT2D eigenvalue weighted by Gasteiger charge is 2.47. The fourth-order valence-corrected chi connectivity index (χ4v) is 3.89. The van der Waals surface area contributed by atoms with Gasteiger partial charge in [-0.1, -0.05) is 28.1 Å². The van der Waals surface area contributed by atoms with Crippen LogP contribution in [0.5, 0.6) is 0 Å². The summed E-state index contributed by atoms with van der Waals surface area (Å²) in [5, 5.41) is 0. The zero-order valence-electron chi connectivity index (χ0n) is 19.9. The van der Waals surface area contributed by atoms with Gasteiger partial charge in [-0.25, -0.2) is 14.6 Å². The molecule has 3 rings (SSSR count). The van der Waals surface area contributed by atoms with Gasteiger partial charge in [-0.05, 0) is 73.4 Å². The van der Waals surface area contributed by atoms with Gasteiger partial charge in [0.15, 0.2) is 5.82 Å². The Labute approximate surface area is 198 Å². The highest BCUT2D eigenvalue weighted by atomic mass is 79.9. The van der Waals surface area contributed by atoms with Crippen LogP contribution < -0.4 is 4.84 Å². The molecule has 0 N–H and O–H groups in total. The van der Waals surface area contributed by atoms with E-state index in [0.29, 0.717) is 24.5 Å². The minimum atomic E-state index is -0.784. The number of nitrogens with zero attached hydrogens (tertiary/aromatic N) is 3. The molecule has 0 radical (unpaired) electrons. The topological polar surface area (TPSA) is 73.7 Å². The lowest BCUT2D eigenvalue weighted by molar-refractivity contribution is -0.154. The van der Waals surface area contributed by atoms with Crippen molar-refractivity contribution in [1.82, 2.24) is 14.6 Å². The summed E-state index contributed by atoms with van der Waals surface area (Å²) in [6, 6.07) is 7.69. The molecule has 1 saturated heterocycles. The van der Waals surface area contributed by atoms with Crippen molar-refractivity contribution in [3.8, 4) is 11.3 Å². The fourth-order valence-electron chi connectivity index (χ4n) is 3.63. The molecule has 1 fully saturated rings. The van der Waals surface area contributed by atoms with Gasteiger partial charge in [-0.3, -0.25) is 4.90 Å². The summed E-state index contributed by atoms with van der Waals surface area (Å²) >= 11 is 3.45. The van der Waals surface area contributed by atoms with Gasteiger partial charge in [0.25, 0.3) is 0 Å².